The van der Waals surface area contributed by atoms with E-state index >= 15 is 0 Å². The minimum Gasteiger partial charge on any atom is -0.386 e. The average Bonchev–Trinajstić information content (AvgIpc) is 2.72. The molecule has 0 bridgehead atoms. The SMILES string of the molecule is OC(Cc1cccc(F)c1F)c1ncc(Cl)s1. The third kappa shape index (κ3) is 2.80. The van der Waals surface area contributed by atoms with E-state index in [1.807, 2.05) is 0 Å². The van der Waals surface area contributed by atoms with E-state index in [9.17, 15) is 13.9 Å². The molecule has 0 spiro atoms. The first-order valence-corrected chi connectivity index (χ1v) is 5.99. The van der Waals surface area contributed by atoms with Gasteiger partial charge in [-0.2, -0.15) is 0 Å². The molecule has 0 fully saturated rings. The Bertz CT molecular complexity index is 532. The number of hydrogen-bond acceptors (Lipinski definition) is 3. The number of thiazole rings is 1. The largest absolute Gasteiger partial charge is 0.386 e. The van der Waals surface area contributed by atoms with E-state index in [1.54, 1.807) is 0 Å². The van der Waals surface area contributed by atoms with Crippen LogP contribution in [0.4, 0.5) is 8.78 Å². The number of aliphatic hydroxyl groups is 1. The van der Waals surface area contributed by atoms with Crippen LogP contribution in [-0.2, 0) is 6.42 Å². The molecule has 0 radical (unpaired) electrons. The summed E-state index contributed by atoms with van der Waals surface area (Å²) in [4.78, 5) is 3.88. The van der Waals surface area contributed by atoms with E-state index in [2.05, 4.69) is 4.98 Å². The lowest BCUT2D eigenvalue weighted by Crippen LogP contribution is -2.04. The van der Waals surface area contributed by atoms with E-state index in [4.69, 9.17) is 11.6 Å². The van der Waals surface area contributed by atoms with Gasteiger partial charge in [-0.1, -0.05) is 23.7 Å². The third-order valence-electron chi connectivity index (χ3n) is 2.23. The van der Waals surface area contributed by atoms with Gasteiger partial charge in [-0.15, -0.1) is 11.3 Å². The Morgan fingerprint density at radius 1 is 1.41 bits per heavy atom. The molecule has 1 atom stereocenters. The van der Waals surface area contributed by atoms with Crippen LogP contribution >= 0.6 is 22.9 Å². The number of aromatic nitrogens is 1. The Morgan fingerprint density at radius 2 is 2.18 bits per heavy atom. The van der Waals surface area contributed by atoms with Crippen LogP contribution in [0.2, 0.25) is 4.34 Å². The molecule has 2 nitrogen and oxygen atoms in total. The number of halogens is 3. The van der Waals surface area contributed by atoms with E-state index in [0.717, 1.165) is 17.4 Å². The van der Waals surface area contributed by atoms with Crippen LogP contribution in [0.1, 0.15) is 16.7 Å². The predicted molar refractivity (Wildman–Crippen MR) is 62.1 cm³/mol. The smallest absolute Gasteiger partial charge is 0.162 e. The van der Waals surface area contributed by atoms with Crippen molar-refractivity contribution in [3.8, 4) is 0 Å². The molecule has 2 aromatic rings. The lowest BCUT2D eigenvalue weighted by Gasteiger charge is -2.08. The maximum atomic E-state index is 13.4. The molecule has 90 valence electrons. The van der Waals surface area contributed by atoms with Crippen molar-refractivity contribution in [1.82, 2.24) is 4.98 Å². The van der Waals surface area contributed by atoms with Gasteiger partial charge in [0.05, 0.1) is 6.20 Å². The Hall–Kier alpha value is -1.04. The van der Waals surface area contributed by atoms with Crippen molar-refractivity contribution < 1.29 is 13.9 Å². The first-order chi connectivity index (χ1) is 8.08. The summed E-state index contributed by atoms with van der Waals surface area (Å²) in [5, 5.41) is 10.2. The Morgan fingerprint density at radius 3 is 2.82 bits per heavy atom. The van der Waals surface area contributed by atoms with Gasteiger partial charge in [0.15, 0.2) is 11.6 Å². The first-order valence-electron chi connectivity index (χ1n) is 4.80. The summed E-state index contributed by atoms with van der Waals surface area (Å²) >= 11 is 6.79. The number of rotatable bonds is 3. The summed E-state index contributed by atoms with van der Waals surface area (Å²) in [6.07, 6.45) is 0.393. The van der Waals surface area contributed by atoms with Gasteiger partial charge in [-0.3, -0.25) is 0 Å². The standard InChI is InChI=1S/C11H8ClF2NOS/c12-9-5-15-11(17-9)8(16)4-6-2-1-3-7(13)10(6)14/h1-3,5,8,16H,4H2. The van der Waals surface area contributed by atoms with E-state index in [-0.39, 0.29) is 12.0 Å². The summed E-state index contributed by atoms with van der Waals surface area (Å²) in [6, 6.07) is 3.86. The van der Waals surface area contributed by atoms with Gasteiger partial charge in [0.2, 0.25) is 0 Å². The zero-order valence-electron chi connectivity index (χ0n) is 8.53. The molecule has 1 heterocycles. The van der Waals surface area contributed by atoms with Gasteiger partial charge in [0, 0.05) is 6.42 Å². The molecule has 0 aliphatic heterocycles. The number of hydrogen-bond donors (Lipinski definition) is 1. The van der Waals surface area contributed by atoms with Crippen molar-refractivity contribution in [3.05, 3.63) is 50.9 Å². The second-order valence-electron chi connectivity index (χ2n) is 3.44. The van der Waals surface area contributed by atoms with Crippen molar-refractivity contribution in [1.29, 1.82) is 0 Å². The van der Waals surface area contributed by atoms with Gasteiger partial charge in [0.1, 0.15) is 15.4 Å². The normalized spacial score (nSPS) is 12.7. The van der Waals surface area contributed by atoms with Crippen LogP contribution in [0.5, 0.6) is 0 Å². The lowest BCUT2D eigenvalue weighted by atomic mass is 10.1. The number of aliphatic hydroxyl groups excluding tert-OH is 1. The quantitative estimate of drug-likeness (QED) is 0.932. The van der Waals surface area contributed by atoms with E-state index in [1.165, 1.54) is 18.3 Å². The fraction of sp³-hybridized carbons (Fsp3) is 0.182. The van der Waals surface area contributed by atoms with Gasteiger partial charge in [0.25, 0.3) is 0 Å². The van der Waals surface area contributed by atoms with E-state index < -0.39 is 17.7 Å². The van der Waals surface area contributed by atoms with Crippen LogP contribution in [0.3, 0.4) is 0 Å². The molecule has 6 heteroatoms. The molecule has 17 heavy (non-hydrogen) atoms. The van der Waals surface area contributed by atoms with Crippen LogP contribution in [0.25, 0.3) is 0 Å². The Balaban J connectivity index is 2.18. The summed E-state index contributed by atoms with van der Waals surface area (Å²) in [5.41, 5.74) is 0.115. The maximum Gasteiger partial charge on any atom is 0.162 e. The predicted octanol–water partition coefficient (Wildman–Crippen LogP) is 3.35. The highest BCUT2D eigenvalue weighted by Crippen LogP contribution is 2.27. The minimum atomic E-state index is -0.983. The van der Waals surface area contributed by atoms with Gasteiger partial charge < -0.3 is 5.11 Å². The third-order valence-corrected chi connectivity index (χ3v) is 3.44. The van der Waals surface area contributed by atoms with Crippen LogP contribution in [0, 0.1) is 11.6 Å². The van der Waals surface area contributed by atoms with Crippen molar-refractivity contribution in [2.24, 2.45) is 0 Å². The summed E-state index contributed by atoms with van der Waals surface area (Å²) in [6.45, 7) is 0. The summed E-state index contributed by atoms with van der Waals surface area (Å²) in [5.74, 6) is -1.86. The fourth-order valence-electron chi connectivity index (χ4n) is 1.42. The van der Waals surface area contributed by atoms with Crippen LogP contribution in [0.15, 0.2) is 24.4 Å². The summed E-state index contributed by atoms with van der Waals surface area (Å²) in [7, 11) is 0. The highest BCUT2D eigenvalue weighted by molar-refractivity contribution is 7.15. The highest BCUT2D eigenvalue weighted by Gasteiger charge is 2.16. The van der Waals surface area contributed by atoms with Gasteiger partial charge in [-0.25, -0.2) is 13.8 Å². The van der Waals surface area contributed by atoms with Crippen molar-refractivity contribution >= 4 is 22.9 Å². The molecule has 0 amide bonds. The molecule has 0 aliphatic carbocycles. The lowest BCUT2D eigenvalue weighted by molar-refractivity contribution is 0.176. The van der Waals surface area contributed by atoms with E-state index in [0.29, 0.717) is 9.34 Å². The summed E-state index contributed by atoms with van der Waals surface area (Å²) < 4.78 is 26.7. The molecule has 1 aromatic carbocycles. The average molecular weight is 276 g/mol. The number of nitrogens with zero attached hydrogens (tertiary/aromatic N) is 1. The molecule has 0 saturated carbocycles. The zero-order chi connectivity index (χ0) is 12.4. The second kappa shape index (κ2) is 5.08. The molecule has 1 unspecified atom stereocenters. The molecule has 1 N–H and O–H groups in total. The Kier molecular flexibility index (Phi) is 3.71. The maximum absolute atomic E-state index is 13.4. The van der Waals surface area contributed by atoms with Crippen LogP contribution in [-0.4, -0.2) is 10.1 Å². The molecule has 2 rings (SSSR count). The molecule has 0 aliphatic rings. The van der Waals surface area contributed by atoms with Crippen molar-refractivity contribution in [2.75, 3.05) is 0 Å². The molecule has 0 saturated heterocycles. The highest BCUT2D eigenvalue weighted by atomic mass is 35.5. The van der Waals surface area contributed by atoms with Gasteiger partial charge >= 0.3 is 0 Å². The van der Waals surface area contributed by atoms with Crippen LogP contribution < -0.4 is 0 Å². The first kappa shape index (κ1) is 12.4. The van der Waals surface area contributed by atoms with Crippen molar-refractivity contribution in [3.63, 3.8) is 0 Å². The van der Waals surface area contributed by atoms with Gasteiger partial charge in [-0.05, 0) is 11.6 Å². The topological polar surface area (TPSA) is 33.1 Å². The molecular weight excluding hydrogens is 268 g/mol. The minimum absolute atomic E-state index is 0.0343. The fourth-order valence-corrected chi connectivity index (χ4v) is 2.34. The van der Waals surface area contributed by atoms with Crippen molar-refractivity contribution in [2.45, 2.75) is 12.5 Å². The number of benzene rings is 1. The Labute approximate surface area is 106 Å². The zero-order valence-corrected chi connectivity index (χ0v) is 10.1. The monoisotopic (exact) mass is 275 g/mol. The second-order valence-corrected chi connectivity index (χ2v) is 5.13. The molecule has 1 aromatic heterocycles. The molecular formula is C11H8ClF2NOS.